The van der Waals surface area contributed by atoms with Crippen molar-refractivity contribution in [3.63, 3.8) is 0 Å². The number of carbonyl (C=O) groups is 2. The zero-order valence-corrected chi connectivity index (χ0v) is 16.2. The van der Waals surface area contributed by atoms with Crippen LogP contribution in [0.3, 0.4) is 0 Å². The van der Waals surface area contributed by atoms with Gasteiger partial charge in [-0.2, -0.15) is 5.26 Å². The van der Waals surface area contributed by atoms with Gasteiger partial charge in [0.25, 0.3) is 0 Å². The SMILES string of the molecule is CCCCSC1=C(C#N)[C@@H](c2ccccc2C)[C@H](C(=O)OCC)C(=O)N1. The summed E-state index contributed by atoms with van der Waals surface area (Å²) in [5.74, 6) is -1.88. The maximum atomic E-state index is 12.7. The summed E-state index contributed by atoms with van der Waals surface area (Å²) in [7, 11) is 0. The number of aryl methyl sites for hydroxylation is 1. The molecule has 0 radical (unpaired) electrons. The molecule has 1 aromatic carbocycles. The second-order valence-corrected chi connectivity index (χ2v) is 7.22. The van der Waals surface area contributed by atoms with E-state index in [4.69, 9.17) is 4.74 Å². The highest BCUT2D eigenvalue weighted by Gasteiger charge is 2.44. The van der Waals surface area contributed by atoms with Crippen molar-refractivity contribution < 1.29 is 14.3 Å². The highest BCUT2D eigenvalue weighted by Crippen LogP contribution is 2.41. The summed E-state index contributed by atoms with van der Waals surface area (Å²) < 4.78 is 5.13. The van der Waals surface area contributed by atoms with E-state index in [0.717, 1.165) is 29.7 Å². The molecule has 0 saturated heterocycles. The fraction of sp³-hybridized carbons (Fsp3) is 0.450. The number of hydrogen-bond donors (Lipinski definition) is 1. The monoisotopic (exact) mass is 372 g/mol. The van der Waals surface area contributed by atoms with Crippen molar-refractivity contribution in [2.75, 3.05) is 12.4 Å². The number of nitrogens with zero attached hydrogens (tertiary/aromatic N) is 1. The largest absolute Gasteiger partial charge is 0.465 e. The van der Waals surface area contributed by atoms with Crippen molar-refractivity contribution >= 4 is 23.6 Å². The smallest absolute Gasteiger partial charge is 0.319 e. The standard InChI is InChI=1S/C20H24N2O3S/c1-4-6-11-26-19-15(12-21)16(14-10-8-7-9-13(14)3)17(18(23)22-19)20(24)25-5-2/h7-10,16-17H,4-6,11H2,1-3H3,(H,22,23)/t16-,17+/m1/s1. The van der Waals surface area contributed by atoms with Gasteiger partial charge in [-0.15, -0.1) is 11.8 Å². The van der Waals surface area contributed by atoms with Crippen LogP contribution in [0.4, 0.5) is 0 Å². The van der Waals surface area contributed by atoms with E-state index in [-0.39, 0.29) is 6.61 Å². The molecule has 138 valence electrons. The third-order valence-corrected chi connectivity index (χ3v) is 5.44. The minimum absolute atomic E-state index is 0.187. The number of benzene rings is 1. The molecule has 2 atom stereocenters. The number of amides is 1. The van der Waals surface area contributed by atoms with Crippen molar-refractivity contribution in [1.29, 1.82) is 5.26 Å². The highest BCUT2D eigenvalue weighted by molar-refractivity contribution is 8.03. The summed E-state index contributed by atoms with van der Waals surface area (Å²) in [6.07, 6.45) is 2.02. The Morgan fingerprint density at radius 1 is 1.35 bits per heavy atom. The number of nitrogens with one attached hydrogen (secondary N) is 1. The fourth-order valence-corrected chi connectivity index (χ4v) is 4.15. The molecule has 1 N–H and O–H groups in total. The zero-order chi connectivity index (χ0) is 19.1. The third kappa shape index (κ3) is 4.28. The van der Waals surface area contributed by atoms with Crippen molar-refractivity contribution in [3.05, 3.63) is 46.0 Å². The minimum Gasteiger partial charge on any atom is -0.465 e. The number of allylic oxidation sites excluding steroid dienone is 1. The van der Waals surface area contributed by atoms with Gasteiger partial charge in [-0.05, 0) is 37.1 Å². The number of hydrogen-bond acceptors (Lipinski definition) is 5. The van der Waals surface area contributed by atoms with Crippen LogP contribution in [-0.2, 0) is 14.3 Å². The summed E-state index contributed by atoms with van der Waals surface area (Å²) >= 11 is 1.46. The number of carbonyl (C=O) groups excluding carboxylic acids is 2. The second kappa shape index (κ2) is 9.44. The van der Waals surface area contributed by atoms with E-state index >= 15 is 0 Å². The van der Waals surface area contributed by atoms with Crippen LogP contribution in [0.25, 0.3) is 0 Å². The van der Waals surface area contributed by atoms with Gasteiger partial charge in [0.1, 0.15) is 5.92 Å². The van der Waals surface area contributed by atoms with Gasteiger partial charge in [0.05, 0.1) is 23.3 Å². The van der Waals surface area contributed by atoms with Crippen LogP contribution in [-0.4, -0.2) is 24.2 Å². The number of thioether (sulfide) groups is 1. The first kappa shape index (κ1) is 20.1. The van der Waals surface area contributed by atoms with Gasteiger partial charge >= 0.3 is 5.97 Å². The Morgan fingerprint density at radius 2 is 2.08 bits per heavy atom. The summed E-state index contributed by atoms with van der Waals surface area (Å²) in [5, 5.41) is 13.2. The second-order valence-electron chi connectivity index (χ2n) is 6.11. The Morgan fingerprint density at radius 3 is 2.69 bits per heavy atom. The molecule has 6 heteroatoms. The lowest BCUT2D eigenvalue weighted by atomic mass is 9.77. The average molecular weight is 372 g/mol. The number of esters is 1. The maximum absolute atomic E-state index is 12.7. The van der Waals surface area contributed by atoms with Crippen LogP contribution in [0.5, 0.6) is 0 Å². The lowest BCUT2D eigenvalue weighted by molar-refractivity contribution is -0.152. The Kier molecular flexibility index (Phi) is 7.28. The highest BCUT2D eigenvalue weighted by atomic mass is 32.2. The quantitative estimate of drug-likeness (QED) is 0.449. The number of unbranched alkanes of at least 4 members (excludes halogenated alkanes) is 1. The molecule has 1 aliphatic heterocycles. The Balaban J connectivity index is 2.55. The van der Waals surface area contributed by atoms with Crippen LogP contribution >= 0.6 is 11.8 Å². The molecule has 0 unspecified atom stereocenters. The van der Waals surface area contributed by atoms with Gasteiger partial charge in [-0.25, -0.2) is 0 Å². The summed E-state index contributed by atoms with van der Waals surface area (Å²) in [6.45, 7) is 5.90. The van der Waals surface area contributed by atoms with Gasteiger partial charge in [0.2, 0.25) is 5.91 Å². The van der Waals surface area contributed by atoms with E-state index in [1.807, 2.05) is 31.2 Å². The van der Waals surface area contributed by atoms with E-state index in [1.54, 1.807) is 6.92 Å². The van der Waals surface area contributed by atoms with Crippen LogP contribution in [0.1, 0.15) is 43.7 Å². The normalized spacial score (nSPS) is 19.7. The van der Waals surface area contributed by atoms with Crippen molar-refractivity contribution in [3.8, 4) is 6.07 Å². The Bertz CT molecular complexity index is 752. The van der Waals surface area contributed by atoms with E-state index in [9.17, 15) is 14.9 Å². The lowest BCUT2D eigenvalue weighted by Gasteiger charge is -2.32. The number of nitriles is 1. The first-order valence-electron chi connectivity index (χ1n) is 8.85. The van der Waals surface area contributed by atoms with Gasteiger partial charge in [-0.3, -0.25) is 9.59 Å². The predicted molar refractivity (Wildman–Crippen MR) is 102 cm³/mol. The molecule has 1 amide bonds. The fourth-order valence-electron chi connectivity index (χ4n) is 3.01. The van der Waals surface area contributed by atoms with Crippen molar-refractivity contribution in [1.82, 2.24) is 5.32 Å². The third-order valence-electron chi connectivity index (χ3n) is 4.34. The molecule has 1 aromatic rings. The van der Waals surface area contributed by atoms with E-state index < -0.39 is 23.7 Å². The van der Waals surface area contributed by atoms with E-state index in [1.165, 1.54) is 11.8 Å². The molecule has 26 heavy (non-hydrogen) atoms. The maximum Gasteiger partial charge on any atom is 0.319 e. The molecule has 1 aliphatic rings. The van der Waals surface area contributed by atoms with Crippen LogP contribution in [0.15, 0.2) is 34.9 Å². The van der Waals surface area contributed by atoms with Gasteiger partial charge in [0, 0.05) is 5.92 Å². The van der Waals surface area contributed by atoms with E-state index in [0.29, 0.717) is 10.6 Å². The van der Waals surface area contributed by atoms with Gasteiger partial charge in [-0.1, -0.05) is 37.6 Å². The predicted octanol–water partition coefficient (Wildman–Crippen LogP) is 3.66. The molecule has 0 spiro atoms. The first-order chi connectivity index (χ1) is 12.5. The zero-order valence-electron chi connectivity index (χ0n) is 15.4. The molecule has 1 heterocycles. The van der Waals surface area contributed by atoms with Crippen molar-refractivity contribution in [2.24, 2.45) is 5.92 Å². The summed E-state index contributed by atoms with van der Waals surface area (Å²) in [6, 6.07) is 9.79. The van der Waals surface area contributed by atoms with Crippen molar-refractivity contribution in [2.45, 2.75) is 39.5 Å². The first-order valence-corrected chi connectivity index (χ1v) is 9.83. The van der Waals surface area contributed by atoms with Crippen LogP contribution in [0.2, 0.25) is 0 Å². The molecule has 0 fully saturated rings. The van der Waals surface area contributed by atoms with E-state index in [2.05, 4.69) is 18.3 Å². The number of ether oxygens (including phenoxy) is 1. The molecule has 2 rings (SSSR count). The molecule has 0 bridgehead atoms. The number of rotatable bonds is 7. The van der Waals surface area contributed by atoms with Gasteiger partial charge < -0.3 is 10.1 Å². The lowest BCUT2D eigenvalue weighted by Crippen LogP contribution is -2.44. The molecule has 5 nitrogen and oxygen atoms in total. The Hall–Kier alpha value is -2.26. The van der Waals surface area contributed by atoms with Gasteiger partial charge in [0.15, 0.2) is 0 Å². The average Bonchev–Trinajstić information content (AvgIpc) is 2.62. The van der Waals surface area contributed by atoms with Crippen LogP contribution < -0.4 is 5.32 Å². The summed E-state index contributed by atoms with van der Waals surface area (Å²) in [5.41, 5.74) is 2.18. The molecular formula is C20H24N2O3S. The topological polar surface area (TPSA) is 79.2 Å². The minimum atomic E-state index is -1.05. The molecule has 0 saturated carbocycles. The molecule has 0 aromatic heterocycles. The molecule has 0 aliphatic carbocycles. The molecular weight excluding hydrogens is 348 g/mol. The Labute approximate surface area is 158 Å². The summed E-state index contributed by atoms with van der Waals surface area (Å²) in [4.78, 5) is 25.3. The van der Waals surface area contributed by atoms with Crippen LogP contribution in [0, 0.1) is 24.2 Å².